The van der Waals surface area contributed by atoms with Crippen molar-refractivity contribution >= 4 is 23.3 Å². The molecule has 0 bridgehead atoms. The summed E-state index contributed by atoms with van der Waals surface area (Å²) >= 11 is 0. The highest BCUT2D eigenvalue weighted by molar-refractivity contribution is 6.40. The van der Waals surface area contributed by atoms with E-state index >= 15 is 0 Å². The lowest BCUT2D eigenvalue weighted by molar-refractivity contribution is 0.320. The van der Waals surface area contributed by atoms with Crippen molar-refractivity contribution in [1.82, 2.24) is 0 Å². The third kappa shape index (κ3) is 4.67. The summed E-state index contributed by atoms with van der Waals surface area (Å²) in [7, 11) is 0. The second kappa shape index (κ2) is 5.87. The van der Waals surface area contributed by atoms with E-state index in [0.29, 0.717) is 17.1 Å². The molecule has 0 atom stereocenters. The Hall–Kier alpha value is -1.72. The topological polar surface area (TPSA) is 89.9 Å². The molecular weight excluding hydrogens is 172 g/mol. The second-order valence-corrected chi connectivity index (χ2v) is 2.36. The van der Waals surface area contributed by atoms with Gasteiger partial charge in [-0.25, -0.2) is 0 Å². The second-order valence-electron chi connectivity index (χ2n) is 2.36. The van der Waals surface area contributed by atoms with Crippen LogP contribution in [0.25, 0.3) is 0 Å². The van der Waals surface area contributed by atoms with Crippen LogP contribution >= 0.6 is 0 Å². The van der Waals surface area contributed by atoms with E-state index in [1.165, 1.54) is 0 Å². The summed E-state index contributed by atoms with van der Waals surface area (Å²) in [6, 6.07) is 0. The molecule has 0 spiro atoms. The Morgan fingerprint density at radius 2 is 1.62 bits per heavy atom. The molecule has 0 unspecified atom stereocenters. The Morgan fingerprint density at radius 3 is 2.08 bits per heavy atom. The van der Waals surface area contributed by atoms with Gasteiger partial charge >= 0.3 is 0 Å². The average molecular weight is 184 g/mol. The quantitative estimate of drug-likeness (QED) is 0.391. The molecule has 0 heterocycles. The number of hydrogen-bond acceptors (Lipinski definition) is 6. The number of oxime groups is 2. The standard InChI is InChI=1S/C7H12N4O2/c1-5(4-8-12)9-10-6(2)7(3)11-13/h4,12-13H,1-3H3/b8-4+,9-5+,10-6+,11-7+. The van der Waals surface area contributed by atoms with E-state index < -0.39 is 0 Å². The summed E-state index contributed by atoms with van der Waals surface area (Å²) in [4.78, 5) is 0. The van der Waals surface area contributed by atoms with E-state index in [-0.39, 0.29) is 0 Å². The molecule has 0 fully saturated rings. The Labute approximate surface area is 76.0 Å². The normalized spacial score (nSPS) is 15.5. The SMILES string of the molecule is CC(/C=N/O)=N\N=C(C)\C(C)=N\O. The van der Waals surface area contributed by atoms with Crippen molar-refractivity contribution in [3.05, 3.63) is 0 Å². The third-order valence-electron chi connectivity index (χ3n) is 1.28. The van der Waals surface area contributed by atoms with Crippen LogP contribution in [0.5, 0.6) is 0 Å². The van der Waals surface area contributed by atoms with E-state index in [1.54, 1.807) is 20.8 Å². The van der Waals surface area contributed by atoms with Gasteiger partial charge in [-0.2, -0.15) is 10.2 Å². The predicted molar refractivity (Wildman–Crippen MR) is 51.4 cm³/mol. The van der Waals surface area contributed by atoms with Crippen LogP contribution in [0.2, 0.25) is 0 Å². The lowest BCUT2D eigenvalue weighted by Gasteiger charge is -1.92. The number of rotatable bonds is 3. The van der Waals surface area contributed by atoms with Gasteiger partial charge in [0.2, 0.25) is 0 Å². The summed E-state index contributed by atoms with van der Waals surface area (Å²) in [5, 5.41) is 29.6. The fraction of sp³-hybridized carbons (Fsp3) is 0.429. The van der Waals surface area contributed by atoms with Crippen LogP contribution in [0, 0.1) is 0 Å². The molecule has 0 rings (SSSR count). The molecule has 0 aliphatic rings. The fourth-order valence-corrected chi connectivity index (χ4v) is 0.408. The van der Waals surface area contributed by atoms with Crippen molar-refractivity contribution in [3.8, 4) is 0 Å². The zero-order valence-corrected chi connectivity index (χ0v) is 7.76. The summed E-state index contributed by atoms with van der Waals surface area (Å²) in [5.74, 6) is 0. The van der Waals surface area contributed by atoms with E-state index in [9.17, 15) is 0 Å². The highest BCUT2D eigenvalue weighted by Crippen LogP contribution is 1.85. The summed E-state index contributed by atoms with van der Waals surface area (Å²) in [6.45, 7) is 4.88. The average Bonchev–Trinajstić information content (AvgIpc) is 2.13. The van der Waals surface area contributed by atoms with Crippen LogP contribution in [0.3, 0.4) is 0 Å². The summed E-state index contributed by atoms with van der Waals surface area (Å²) in [6.07, 6.45) is 1.15. The first-order chi connectivity index (χ1) is 6.11. The Kier molecular flexibility index (Phi) is 5.09. The smallest absolute Gasteiger partial charge is 0.0994 e. The minimum Gasteiger partial charge on any atom is -0.411 e. The maximum atomic E-state index is 8.37. The van der Waals surface area contributed by atoms with Crippen LogP contribution < -0.4 is 0 Å². The molecular formula is C7H12N4O2. The highest BCUT2D eigenvalue weighted by Gasteiger charge is 1.95. The zero-order valence-electron chi connectivity index (χ0n) is 7.76. The van der Waals surface area contributed by atoms with Crippen LogP contribution in [-0.2, 0) is 0 Å². The van der Waals surface area contributed by atoms with Gasteiger partial charge in [0, 0.05) is 0 Å². The highest BCUT2D eigenvalue weighted by atomic mass is 16.4. The molecule has 0 aliphatic carbocycles. The van der Waals surface area contributed by atoms with E-state index in [1.807, 2.05) is 0 Å². The van der Waals surface area contributed by atoms with Gasteiger partial charge in [0.1, 0.15) is 0 Å². The Bertz CT molecular complexity index is 278. The van der Waals surface area contributed by atoms with Gasteiger partial charge in [-0.1, -0.05) is 10.3 Å². The molecule has 0 saturated heterocycles. The van der Waals surface area contributed by atoms with Gasteiger partial charge < -0.3 is 10.4 Å². The first-order valence-electron chi connectivity index (χ1n) is 3.57. The van der Waals surface area contributed by atoms with Crippen molar-refractivity contribution in [2.75, 3.05) is 0 Å². The molecule has 72 valence electrons. The third-order valence-corrected chi connectivity index (χ3v) is 1.28. The monoisotopic (exact) mass is 184 g/mol. The van der Waals surface area contributed by atoms with Crippen LogP contribution in [0.15, 0.2) is 20.5 Å². The molecule has 0 amide bonds. The lowest BCUT2D eigenvalue weighted by atomic mass is 10.3. The molecule has 13 heavy (non-hydrogen) atoms. The van der Waals surface area contributed by atoms with Crippen molar-refractivity contribution in [3.63, 3.8) is 0 Å². The minimum atomic E-state index is 0.387. The summed E-state index contributed by atoms with van der Waals surface area (Å²) in [5.41, 5.74) is 1.33. The molecule has 0 aromatic rings. The maximum absolute atomic E-state index is 8.37. The predicted octanol–water partition coefficient (Wildman–Crippen LogP) is 1.13. The molecule has 0 aliphatic heterocycles. The van der Waals surface area contributed by atoms with E-state index in [4.69, 9.17) is 10.4 Å². The van der Waals surface area contributed by atoms with Gasteiger partial charge in [0.25, 0.3) is 0 Å². The van der Waals surface area contributed by atoms with Crippen LogP contribution in [0.4, 0.5) is 0 Å². The Balaban J connectivity index is 4.51. The van der Waals surface area contributed by atoms with Gasteiger partial charge in [-0.3, -0.25) is 0 Å². The van der Waals surface area contributed by atoms with Crippen molar-refractivity contribution in [2.45, 2.75) is 20.8 Å². The summed E-state index contributed by atoms with van der Waals surface area (Å²) < 4.78 is 0. The van der Waals surface area contributed by atoms with Gasteiger partial charge in [-0.15, -0.1) is 0 Å². The zero-order chi connectivity index (χ0) is 10.3. The fourth-order valence-electron chi connectivity index (χ4n) is 0.408. The lowest BCUT2D eigenvalue weighted by Crippen LogP contribution is -2.05. The molecule has 0 aromatic carbocycles. The molecule has 0 aromatic heterocycles. The van der Waals surface area contributed by atoms with Crippen molar-refractivity contribution in [2.24, 2.45) is 20.5 Å². The molecule has 0 radical (unpaired) electrons. The molecule has 6 heteroatoms. The van der Waals surface area contributed by atoms with Crippen molar-refractivity contribution < 1.29 is 10.4 Å². The molecule has 0 saturated carbocycles. The Morgan fingerprint density at radius 1 is 1.00 bits per heavy atom. The van der Waals surface area contributed by atoms with Gasteiger partial charge in [-0.05, 0) is 20.8 Å². The van der Waals surface area contributed by atoms with Crippen LogP contribution in [-0.4, -0.2) is 33.8 Å². The number of hydrogen-bond donors (Lipinski definition) is 2. The maximum Gasteiger partial charge on any atom is 0.0994 e. The first-order valence-corrected chi connectivity index (χ1v) is 3.57. The van der Waals surface area contributed by atoms with E-state index in [0.717, 1.165) is 6.21 Å². The van der Waals surface area contributed by atoms with Crippen LogP contribution in [0.1, 0.15) is 20.8 Å². The van der Waals surface area contributed by atoms with Crippen molar-refractivity contribution in [1.29, 1.82) is 0 Å². The van der Waals surface area contributed by atoms with Gasteiger partial charge in [0.05, 0.1) is 23.3 Å². The molecule has 2 N–H and O–H groups in total. The van der Waals surface area contributed by atoms with Gasteiger partial charge in [0.15, 0.2) is 0 Å². The largest absolute Gasteiger partial charge is 0.411 e. The first kappa shape index (κ1) is 11.3. The number of nitrogens with zero attached hydrogens (tertiary/aromatic N) is 4. The van der Waals surface area contributed by atoms with E-state index in [2.05, 4.69) is 20.5 Å². The minimum absolute atomic E-state index is 0.387. The molecule has 6 nitrogen and oxygen atoms in total.